The maximum absolute atomic E-state index is 9.25. The van der Waals surface area contributed by atoms with Crippen molar-refractivity contribution in [2.75, 3.05) is 0 Å². The van der Waals surface area contributed by atoms with E-state index in [-0.39, 0.29) is 11.6 Å². The van der Waals surface area contributed by atoms with Crippen LogP contribution in [0.3, 0.4) is 0 Å². The Kier molecular flexibility index (Phi) is 1.60. The minimum absolute atomic E-state index is 0.256. The second-order valence-electron chi connectivity index (χ2n) is 2.77. The first-order chi connectivity index (χ1) is 4.19. The number of hydrogen-bond donors (Lipinski definition) is 2. The second kappa shape index (κ2) is 2.12. The molecule has 2 heteroatoms. The predicted octanol–water partition coefficient (Wildman–Crippen LogP) is 0.415. The van der Waals surface area contributed by atoms with Crippen LogP contribution in [0.15, 0.2) is 12.7 Å². The van der Waals surface area contributed by atoms with Gasteiger partial charge >= 0.3 is 0 Å². The predicted molar refractivity (Wildman–Crippen MR) is 37.0 cm³/mol. The Morgan fingerprint density at radius 3 is 2.67 bits per heavy atom. The highest BCUT2D eigenvalue weighted by Gasteiger charge is 2.44. The third-order valence-corrected chi connectivity index (χ3v) is 1.88. The van der Waals surface area contributed by atoms with E-state index in [9.17, 15) is 5.11 Å². The van der Waals surface area contributed by atoms with Crippen LogP contribution in [0.25, 0.3) is 0 Å². The average molecular weight is 127 g/mol. The van der Waals surface area contributed by atoms with Crippen LogP contribution < -0.4 is 5.73 Å². The molecule has 2 nitrogen and oxygen atoms in total. The van der Waals surface area contributed by atoms with E-state index in [1.54, 1.807) is 6.08 Å². The molecule has 0 aromatic rings. The summed E-state index contributed by atoms with van der Waals surface area (Å²) >= 11 is 0. The van der Waals surface area contributed by atoms with Crippen LogP contribution in [-0.2, 0) is 0 Å². The van der Waals surface area contributed by atoms with Gasteiger partial charge in [-0.2, -0.15) is 0 Å². The normalized spacial score (nSPS) is 25.1. The van der Waals surface area contributed by atoms with Crippen molar-refractivity contribution in [2.45, 2.75) is 30.9 Å². The monoisotopic (exact) mass is 127 g/mol. The van der Waals surface area contributed by atoms with E-state index in [0.717, 1.165) is 12.8 Å². The highest BCUT2D eigenvalue weighted by atomic mass is 16.3. The van der Waals surface area contributed by atoms with Crippen molar-refractivity contribution in [3.05, 3.63) is 12.7 Å². The Hall–Kier alpha value is -0.340. The van der Waals surface area contributed by atoms with E-state index < -0.39 is 0 Å². The fourth-order valence-corrected chi connectivity index (χ4v) is 0.870. The lowest BCUT2D eigenvalue weighted by Crippen LogP contribution is -2.36. The van der Waals surface area contributed by atoms with Crippen LogP contribution in [0, 0.1) is 0 Å². The number of nitrogens with two attached hydrogens (primary N) is 1. The van der Waals surface area contributed by atoms with Gasteiger partial charge in [-0.25, -0.2) is 0 Å². The summed E-state index contributed by atoms with van der Waals surface area (Å²) in [5.41, 5.74) is 5.42. The maximum Gasteiger partial charge on any atom is 0.0753 e. The number of aliphatic hydroxyl groups is 1. The molecule has 0 radical (unpaired) electrons. The van der Waals surface area contributed by atoms with Crippen LogP contribution in [0.2, 0.25) is 0 Å². The van der Waals surface area contributed by atoms with Gasteiger partial charge in [-0.1, -0.05) is 6.08 Å². The average Bonchev–Trinajstić information content (AvgIpc) is 2.50. The molecule has 1 atom stereocenters. The van der Waals surface area contributed by atoms with Crippen molar-refractivity contribution in [3.63, 3.8) is 0 Å². The third kappa shape index (κ3) is 1.32. The lowest BCUT2D eigenvalue weighted by Gasteiger charge is -2.14. The zero-order chi connectivity index (χ0) is 6.91. The van der Waals surface area contributed by atoms with Gasteiger partial charge in [0.2, 0.25) is 0 Å². The Labute approximate surface area is 55.4 Å². The molecular weight excluding hydrogens is 114 g/mol. The summed E-state index contributed by atoms with van der Waals surface area (Å²) in [4.78, 5) is 0. The summed E-state index contributed by atoms with van der Waals surface area (Å²) in [6, 6.07) is 0. The Bertz CT molecular complexity index is 118. The third-order valence-electron chi connectivity index (χ3n) is 1.88. The molecule has 1 rings (SSSR count). The molecule has 1 saturated carbocycles. The molecule has 0 aromatic heterocycles. The van der Waals surface area contributed by atoms with Crippen molar-refractivity contribution in [3.8, 4) is 0 Å². The summed E-state index contributed by atoms with van der Waals surface area (Å²) in [6.45, 7) is 3.53. The van der Waals surface area contributed by atoms with Gasteiger partial charge in [0, 0.05) is 5.54 Å². The second-order valence-corrected chi connectivity index (χ2v) is 2.77. The van der Waals surface area contributed by atoms with Crippen LogP contribution in [0.1, 0.15) is 19.3 Å². The summed E-state index contributed by atoms with van der Waals surface area (Å²) in [6.07, 6.45) is 3.88. The van der Waals surface area contributed by atoms with Crippen molar-refractivity contribution in [2.24, 2.45) is 5.73 Å². The van der Waals surface area contributed by atoms with Crippen LogP contribution >= 0.6 is 0 Å². The zero-order valence-corrected chi connectivity index (χ0v) is 5.51. The number of hydrogen-bond acceptors (Lipinski definition) is 2. The van der Waals surface area contributed by atoms with Gasteiger partial charge in [-0.15, -0.1) is 6.58 Å². The quantitative estimate of drug-likeness (QED) is 0.539. The summed E-state index contributed by atoms with van der Waals surface area (Å²) < 4.78 is 0. The molecule has 0 saturated heterocycles. The molecule has 9 heavy (non-hydrogen) atoms. The van der Waals surface area contributed by atoms with E-state index in [4.69, 9.17) is 5.73 Å². The molecule has 52 valence electrons. The van der Waals surface area contributed by atoms with Crippen molar-refractivity contribution in [1.82, 2.24) is 0 Å². The van der Waals surface area contributed by atoms with Gasteiger partial charge in [0.15, 0.2) is 0 Å². The molecule has 0 aromatic carbocycles. The number of rotatable bonds is 3. The summed E-state index contributed by atoms with van der Waals surface area (Å²) in [5, 5.41) is 9.25. The van der Waals surface area contributed by atoms with E-state index in [1.807, 2.05) is 0 Å². The number of aliphatic hydroxyl groups excluding tert-OH is 1. The van der Waals surface area contributed by atoms with Gasteiger partial charge < -0.3 is 10.8 Å². The molecule has 3 N–H and O–H groups in total. The molecule has 0 aliphatic heterocycles. The van der Waals surface area contributed by atoms with Crippen LogP contribution in [-0.4, -0.2) is 16.7 Å². The van der Waals surface area contributed by atoms with Gasteiger partial charge in [0.1, 0.15) is 0 Å². The molecular formula is C7H13NO. The summed E-state index contributed by atoms with van der Waals surface area (Å²) in [7, 11) is 0. The molecule has 1 aliphatic rings. The Balaban J connectivity index is 2.32. The largest absolute Gasteiger partial charge is 0.391 e. The standard InChI is InChI=1S/C7H13NO/c1-2-3-6(9)7(8)4-5-7/h2,6,9H,1,3-5,8H2. The first kappa shape index (κ1) is 6.78. The first-order valence-electron chi connectivity index (χ1n) is 3.27. The lowest BCUT2D eigenvalue weighted by atomic mass is 10.1. The zero-order valence-electron chi connectivity index (χ0n) is 5.51. The van der Waals surface area contributed by atoms with E-state index >= 15 is 0 Å². The minimum Gasteiger partial charge on any atom is -0.391 e. The lowest BCUT2D eigenvalue weighted by molar-refractivity contribution is 0.137. The van der Waals surface area contributed by atoms with E-state index in [1.165, 1.54) is 0 Å². The first-order valence-corrected chi connectivity index (χ1v) is 3.27. The van der Waals surface area contributed by atoms with Crippen molar-refractivity contribution in [1.29, 1.82) is 0 Å². The summed E-state index contributed by atoms with van der Waals surface area (Å²) in [5.74, 6) is 0. The van der Waals surface area contributed by atoms with Crippen molar-refractivity contribution < 1.29 is 5.11 Å². The Morgan fingerprint density at radius 2 is 2.33 bits per heavy atom. The maximum atomic E-state index is 9.25. The fraction of sp³-hybridized carbons (Fsp3) is 0.714. The molecule has 1 unspecified atom stereocenters. The topological polar surface area (TPSA) is 46.2 Å². The minimum atomic E-state index is -0.366. The van der Waals surface area contributed by atoms with Gasteiger partial charge in [-0.3, -0.25) is 0 Å². The molecule has 1 aliphatic carbocycles. The highest BCUT2D eigenvalue weighted by molar-refractivity contribution is 5.05. The Morgan fingerprint density at radius 1 is 1.78 bits per heavy atom. The van der Waals surface area contributed by atoms with Crippen molar-refractivity contribution >= 4 is 0 Å². The van der Waals surface area contributed by atoms with Gasteiger partial charge in [0.25, 0.3) is 0 Å². The van der Waals surface area contributed by atoms with Gasteiger partial charge in [0.05, 0.1) is 6.10 Å². The molecule has 0 amide bonds. The fourth-order valence-electron chi connectivity index (χ4n) is 0.870. The smallest absolute Gasteiger partial charge is 0.0753 e. The van der Waals surface area contributed by atoms with E-state index in [2.05, 4.69) is 6.58 Å². The molecule has 0 bridgehead atoms. The van der Waals surface area contributed by atoms with E-state index in [0.29, 0.717) is 6.42 Å². The van der Waals surface area contributed by atoms with Gasteiger partial charge in [-0.05, 0) is 19.3 Å². The molecule has 0 spiro atoms. The molecule has 0 heterocycles. The SMILES string of the molecule is C=CCC(O)C1(N)CC1. The van der Waals surface area contributed by atoms with Crippen LogP contribution in [0.5, 0.6) is 0 Å². The molecule has 1 fully saturated rings. The van der Waals surface area contributed by atoms with Crippen LogP contribution in [0.4, 0.5) is 0 Å². The highest BCUT2D eigenvalue weighted by Crippen LogP contribution is 2.36.